The summed E-state index contributed by atoms with van der Waals surface area (Å²) in [5.41, 5.74) is 10.9. The summed E-state index contributed by atoms with van der Waals surface area (Å²) in [7, 11) is 0. The molecule has 0 unspecified atom stereocenters. The highest BCUT2D eigenvalue weighted by Gasteiger charge is 2.09. The van der Waals surface area contributed by atoms with Crippen LogP contribution < -0.4 is 5.73 Å². The van der Waals surface area contributed by atoms with E-state index in [0.29, 0.717) is 6.54 Å². The van der Waals surface area contributed by atoms with Crippen LogP contribution in [0.15, 0.2) is 82.6 Å². The van der Waals surface area contributed by atoms with Crippen LogP contribution >= 0.6 is 23.5 Å². The van der Waals surface area contributed by atoms with Crippen molar-refractivity contribution in [2.75, 3.05) is 12.5 Å². The van der Waals surface area contributed by atoms with Crippen molar-refractivity contribution in [3.05, 3.63) is 95.1 Å². The molecule has 0 bridgehead atoms. The van der Waals surface area contributed by atoms with E-state index in [2.05, 4.69) is 90.2 Å². The summed E-state index contributed by atoms with van der Waals surface area (Å²) >= 11 is 3.57. The number of hydrogen-bond acceptors (Lipinski definition) is 4. The molecule has 3 rings (SSSR count). The number of thioether (sulfide) groups is 2. The van der Waals surface area contributed by atoms with Gasteiger partial charge in [0.25, 0.3) is 0 Å². The second-order valence-electron chi connectivity index (χ2n) is 6.86. The zero-order valence-electron chi connectivity index (χ0n) is 16.6. The lowest BCUT2D eigenvalue weighted by Gasteiger charge is -2.23. The molecule has 0 aliphatic heterocycles. The van der Waals surface area contributed by atoms with Crippen LogP contribution in [0.3, 0.4) is 0 Å². The van der Waals surface area contributed by atoms with Crippen molar-refractivity contribution in [3.8, 4) is 0 Å². The van der Waals surface area contributed by atoms with Gasteiger partial charge in [0, 0.05) is 36.0 Å². The topological polar surface area (TPSA) is 29.3 Å². The van der Waals surface area contributed by atoms with Crippen LogP contribution in [0, 0.1) is 0 Å². The lowest BCUT2D eigenvalue weighted by atomic mass is 10.1. The molecule has 0 saturated heterocycles. The Balaban J connectivity index is 1.76. The average Bonchev–Trinajstić information content (AvgIpc) is 2.75. The van der Waals surface area contributed by atoms with Crippen molar-refractivity contribution in [2.45, 2.75) is 36.0 Å². The van der Waals surface area contributed by atoms with Crippen LogP contribution in [0.4, 0.5) is 0 Å². The molecule has 2 nitrogen and oxygen atoms in total. The molecular weight excluding hydrogens is 380 g/mol. The second kappa shape index (κ2) is 10.7. The maximum Gasteiger partial charge on any atom is 0.0240 e. The second-order valence-corrected chi connectivity index (χ2v) is 8.62. The van der Waals surface area contributed by atoms with E-state index in [1.807, 2.05) is 0 Å². The van der Waals surface area contributed by atoms with Gasteiger partial charge in [0.1, 0.15) is 0 Å². The minimum Gasteiger partial charge on any atom is -0.326 e. The third-order valence-electron chi connectivity index (χ3n) is 4.80. The van der Waals surface area contributed by atoms with Gasteiger partial charge in [-0.05, 0) is 59.0 Å². The minimum atomic E-state index is 0.591. The predicted molar refractivity (Wildman–Crippen MR) is 124 cm³/mol. The lowest BCUT2D eigenvalue weighted by molar-refractivity contribution is 0.247. The molecule has 0 amide bonds. The van der Waals surface area contributed by atoms with Crippen LogP contribution in [0.2, 0.25) is 0 Å². The summed E-state index contributed by atoms with van der Waals surface area (Å²) in [5, 5.41) is 0. The highest BCUT2D eigenvalue weighted by molar-refractivity contribution is 7.98. The molecule has 0 aliphatic rings. The summed E-state index contributed by atoms with van der Waals surface area (Å²) < 4.78 is 0. The highest BCUT2D eigenvalue weighted by atomic mass is 32.2. The monoisotopic (exact) mass is 408 g/mol. The van der Waals surface area contributed by atoms with E-state index in [-0.39, 0.29) is 0 Å². The van der Waals surface area contributed by atoms with E-state index in [1.165, 1.54) is 32.0 Å². The number of rotatable bonds is 9. The fourth-order valence-electron chi connectivity index (χ4n) is 3.18. The Labute approximate surface area is 177 Å². The molecule has 3 aromatic carbocycles. The Hall–Kier alpha value is -1.72. The Kier molecular flexibility index (Phi) is 8.04. The smallest absolute Gasteiger partial charge is 0.0240 e. The molecule has 0 radical (unpaired) electrons. The van der Waals surface area contributed by atoms with Gasteiger partial charge in [0.15, 0.2) is 0 Å². The zero-order chi connectivity index (χ0) is 19.8. The van der Waals surface area contributed by atoms with E-state index in [1.54, 1.807) is 23.5 Å². The van der Waals surface area contributed by atoms with Gasteiger partial charge in [-0.15, -0.1) is 23.5 Å². The normalized spacial score (nSPS) is 11.1. The highest BCUT2D eigenvalue weighted by Crippen LogP contribution is 2.20. The summed E-state index contributed by atoms with van der Waals surface area (Å²) in [4.78, 5) is 5.11. The van der Waals surface area contributed by atoms with Crippen LogP contribution in [0.5, 0.6) is 0 Å². The van der Waals surface area contributed by atoms with Crippen LogP contribution in [0.25, 0.3) is 0 Å². The van der Waals surface area contributed by atoms with Gasteiger partial charge in [-0.2, -0.15) is 0 Å². The van der Waals surface area contributed by atoms with Crippen molar-refractivity contribution in [2.24, 2.45) is 5.73 Å². The number of nitrogens with zero attached hydrogens (tertiary/aromatic N) is 1. The summed E-state index contributed by atoms with van der Waals surface area (Å²) in [6.07, 6.45) is 4.23. The fourth-order valence-corrected chi connectivity index (χ4v) is 4.00. The number of hydrogen-bond donors (Lipinski definition) is 1. The van der Waals surface area contributed by atoms with Gasteiger partial charge in [-0.3, -0.25) is 4.90 Å². The van der Waals surface area contributed by atoms with Crippen molar-refractivity contribution >= 4 is 23.5 Å². The lowest BCUT2D eigenvalue weighted by Crippen LogP contribution is -2.22. The van der Waals surface area contributed by atoms with E-state index < -0.39 is 0 Å². The summed E-state index contributed by atoms with van der Waals surface area (Å²) in [6, 6.07) is 26.5. The van der Waals surface area contributed by atoms with Gasteiger partial charge >= 0.3 is 0 Å². The maximum atomic E-state index is 5.74. The van der Waals surface area contributed by atoms with Gasteiger partial charge < -0.3 is 5.73 Å². The zero-order valence-corrected chi connectivity index (χ0v) is 18.2. The molecule has 4 heteroatoms. The van der Waals surface area contributed by atoms with Crippen LogP contribution in [-0.2, 0) is 26.2 Å². The Bertz CT molecular complexity index is 726. The number of benzene rings is 3. The van der Waals surface area contributed by atoms with E-state index in [0.717, 1.165) is 19.6 Å². The fraction of sp³-hybridized carbons (Fsp3) is 0.250. The summed E-state index contributed by atoms with van der Waals surface area (Å²) in [5.74, 6) is 0. The first-order valence-electron chi connectivity index (χ1n) is 9.46. The molecule has 0 saturated carbocycles. The molecule has 0 spiro atoms. The Morgan fingerprint density at radius 1 is 0.571 bits per heavy atom. The average molecular weight is 409 g/mol. The predicted octanol–water partition coefficient (Wildman–Crippen LogP) is 5.79. The molecule has 0 heterocycles. The third-order valence-corrected chi connectivity index (χ3v) is 6.28. The van der Waals surface area contributed by atoms with E-state index in [4.69, 9.17) is 5.73 Å². The molecule has 0 aliphatic carbocycles. The molecule has 3 aromatic rings. The molecule has 0 atom stereocenters. The van der Waals surface area contributed by atoms with Crippen molar-refractivity contribution in [1.29, 1.82) is 0 Å². The third kappa shape index (κ3) is 6.14. The van der Waals surface area contributed by atoms with Gasteiger partial charge in [-0.25, -0.2) is 0 Å². The first kappa shape index (κ1) is 21.0. The minimum absolute atomic E-state index is 0.591. The largest absolute Gasteiger partial charge is 0.326 e. The Morgan fingerprint density at radius 2 is 0.893 bits per heavy atom. The maximum absolute atomic E-state index is 5.74. The first-order chi connectivity index (χ1) is 13.7. The van der Waals surface area contributed by atoms with Crippen molar-refractivity contribution < 1.29 is 0 Å². The van der Waals surface area contributed by atoms with Gasteiger partial charge in [0.05, 0.1) is 0 Å². The molecule has 2 N–H and O–H groups in total. The Morgan fingerprint density at radius 3 is 1.21 bits per heavy atom. The molecule has 0 aromatic heterocycles. The molecular formula is C24H28N2S2. The summed E-state index contributed by atoms with van der Waals surface area (Å²) in [6.45, 7) is 3.36. The molecule has 146 valence electrons. The SMILES string of the molecule is CSc1ccc(CN(Cc2ccc(CN)cc2)Cc2ccc(SC)cc2)cc1. The van der Waals surface area contributed by atoms with Crippen LogP contribution in [0.1, 0.15) is 22.3 Å². The van der Waals surface area contributed by atoms with Crippen LogP contribution in [-0.4, -0.2) is 17.4 Å². The first-order valence-corrected chi connectivity index (χ1v) is 11.9. The van der Waals surface area contributed by atoms with E-state index >= 15 is 0 Å². The van der Waals surface area contributed by atoms with Crippen molar-refractivity contribution in [3.63, 3.8) is 0 Å². The standard InChI is InChI=1S/C24H28N2S2/c1-27-23-11-7-21(8-12-23)17-26(16-20-5-3-19(15-25)4-6-20)18-22-9-13-24(28-2)14-10-22/h3-14H,15-18,25H2,1-2H3. The van der Waals surface area contributed by atoms with Gasteiger partial charge in [0.2, 0.25) is 0 Å². The quantitative estimate of drug-likeness (QED) is 0.454. The molecule has 0 fully saturated rings. The number of nitrogens with two attached hydrogens (primary N) is 1. The van der Waals surface area contributed by atoms with Gasteiger partial charge in [-0.1, -0.05) is 48.5 Å². The van der Waals surface area contributed by atoms with Crippen molar-refractivity contribution in [1.82, 2.24) is 4.90 Å². The molecule has 28 heavy (non-hydrogen) atoms. The van der Waals surface area contributed by atoms with E-state index in [9.17, 15) is 0 Å².